The van der Waals surface area contributed by atoms with Crippen molar-refractivity contribution in [1.82, 2.24) is 14.8 Å². The third-order valence-corrected chi connectivity index (χ3v) is 4.22. The van der Waals surface area contributed by atoms with Crippen LogP contribution in [0.15, 0.2) is 29.4 Å². The Kier molecular flexibility index (Phi) is 2.87. The summed E-state index contributed by atoms with van der Waals surface area (Å²) in [5.41, 5.74) is 7.09. The Balaban J connectivity index is 1.93. The van der Waals surface area contributed by atoms with E-state index in [0.29, 0.717) is 12.2 Å². The number of sulfonamides is 1. The summed E-state index contributed by atoms with van der Waals surface area (Å²) in [6.45, 7) is 2.10. The van der Waals surface area contributed by atoms with Crippen molar-refractivity contribution in [3.8, 4) is 0 Å². The van der Waals surface area contributed by atoms with Crippen LogP contribution in [-0.2, 0) is 23.1 Å². The summed E-state index contributed by atoms with van der Waals surface area (Å²) in [7, 11) is -3.74. The number of nitrogens with two attached hydrogens (primary N) is 2. The van der Waals surface area contributed by atoms with Gasteiger partial charge in [0.05, 0.1) is 22.8 Å². The van der Waals surface area contributed by atoms with Gasteiger partial charge in [-0.15, -0.1) is 10.2 Å². The van der Waals surface area contributed by atoms with Crippen molar-refractivity contribution in [3.05, 3.63) is 30.4 Å². The summed E-state index contributed by atoms with van der Waals surface area (Å²) in [4.78, 5) is 2.05. The lowest BCUT2D eigenvalue weighted by Crippen LogP contribution is -2.34. The summed E-state index contributed by atoms with van der Waals surface area (Å²) in [5.74, 6) is 0.853. The SMILES string of the molecule is Nc1cc(S(N)(=O)=O)ccc1N1CCn2cnnc2C1. The lowest BCUT2D eigenvalue weighted by atomic mass is 10.2. The molecule has 9 heteroatoms. The van der Waals surface area contributed by atoms with Gasteiger partial charge in [-0.25, -0.2) is 13.6 Å². The normalized spacial score (nSPS) is 15.2. The minimum Gasteiger partial charge on any atom is -0.397 e. The second-order valence-corrected chi connectivity index (χ2v) is 6.19. The van der Waals surface area contributed by atoms with Crippen LogP contribution >= 0.6 is 0 Å². The van der Waals surface area contributed by atoms with Gasteiger partial charge in [-0.3, -0.25) is 0 Å². The van der Waals surface area contributed by atoms with Crippen molar-refractivity contribution in [2.45, 2.75) is 18.0 Å². The third-order valence-electron chi connectivity index (χ3n) is 3.31. The molecule has 0 spiro atoms. The molecule has 8 nitrogen and oxygen atoms in total. The zero-order chi connectivity index (χ0) is 14.3. The lowest BCUT2D eigenvalue weighted by molar-refractivity contribution is 0.560. The van der Waals surface area contributed by atoms with Gasteiger partial charge >= 0.3 is 0 Å². The van der Waals surface area contributed by atoms with E-state index < -0.39 is 10.0 Å². The number of primary sulfonamides is 1. The van der Waals surface area contributed by atoms with E-state index in [-0.39, 0.29) is 4.90 Å². The molecular weight excluding hydrogens is 280 g/mol. The molecule has 2 aromatic rings. The summed E-state index contributed by atoms with van der Waals surface area (Å²) in [6.07, 6.45) is 1.69. The number of aromatic nitrogens is 3. The molecule has 0 saturated heterocycles. The van der Waals surface area contributed by atoms with Crippen LogP contribution in [0, 0.1) is 0 Å². The Bertz CT molecular complexity index is 754. The third kappa shape index (κ3) is 2.21. The maximum absolute atomic E-state index is 11.3. The fourth-order valence-electron chi connectivity index (χ4n) is 2.27. The van der Waals surface area contributed by atoms with Crippen LogP contribution in [0.1, 0.15) is 5.82 Å². The van der Waals surface area contributed by atoms with E-state index in [0.717, 1.165) is 24.6 Å². The van der Waals surface area contributed by atoms with Crippen molar-refractivity contribution in [2.75, 3.05) is 17.2 Å². The zero-order valence-electron chi connectivity index (χ0n) is 10.6. The smallest absolute Gasteiger partial charge is 0.238 e. The van der Waals surface area contributed by atoms with Crippen molar-refractivity contribution >= 4 is 21.4 Å². The Hall–Kier alpha value is -2.13. The molecule has 0 amide bonds. The Labute approximate surface area is 116 Å². The Morgan fingerprint density at radius 2 is 2.05 bits per heavy atom. The van der Waals surface area contributed by atoms with E-state index in [9.17, 15) is 8.42 Å². The molecule has 0 atom stereocenters. The van der Waals surface area contributed by atoms with Crippen LogP contribution in [0.2, 0.25) is 0 Å². The fraction of sp³-hybridized carbons (Fsp3) is 0.273. The topological polar surface area (TPSA) is 120 Å². The molecule has 0 radical (unpaired) electrons. The number of nitrogen functional groups attached to an aromatic ring is 1. The molecule has 0 fully saturated rings. The minimum absolute atomic E-state index is 0.0129. The van der Waals surface area contributed by atoms with E-state index in [1.807, 2.05) is 9.47 Å². The molecule has 1 aromatic heterocycles. The number of hydrogen-bond donors (Lipinski definition) is 2. The predicted molar refractivity (Wildman–Crippen MR) is 73.3 cm³/mol. The second kappa shape index (κ2) is 4.46. The highest BCUT2D eigenvalue weighted by Crippen LogP contribution is 2.28. The maximum Gasteiger partial charge on any atom is 0.238 e. The van der Waals surface area contributed by atoms with E-state index in [4.69, 9.17) is 10.9 Å². The van der Waals surface area contributed by atoms with Gasteiger partial charge in [0.15, 0.2) is 5.82 Å². The van der Waals surface area contributed by atoms with Gasteiger partial charge in [-0.05, 0) is 18.2 Å². The summed E-state index contributed by atoms with van der Waals surface area (Å²) >= 11 is 0. The van der Waals surface area contributed by atoms with E-state index in [1.54, 1.807) is 12.4 Å². The predicted octanol–water partition coefficient (Wildman–Crippen LogP) is -0.472. The highest BCUT2D eigenvalue weighted by Gasteiger charge is 2.20. The van der Waals surface area contributed by atoms with Crippen LogP contribution < -0.4 is 15.8 Å². The molecule has 3 rings (SSSR count). The maximum atomic E-state index is 11.3. The van der Waals surface area contributed by atoms with E-state index in [1.165, 1.54) is 12.1 Å². The number of hydrogen-bond acceptors (Lipinski definition) is 6. The fourth-order valence-corrected chi connectivity index (χ4v) is 2.82. The van der Waals surface area contributed by atoms with E-state index in [2.05, 4.69) is 10.2 Å². The first kappa shape index (κ1) is 12.9. The van der Waals surface area contributed by atoms with Gasteiger partial charge in [-0.2, -0.15) is 0 Å². The van der Waals surface area contributed by atoms with Crippen LogP contribution in [0.25, 0.3) is 0 Å². The molecule has 20 heavy (non-hydrogen) atoms. The van der Waals surface area contributed by atoms with Crippen LogP contribution in [0.4, 0.5) is 11.4 Å². The quantitative estimate of drug-likeness (QED) is 0.722. The summed E-state index contributed by atoms with van der Waals surface area (Å²) < 4.78 is 24.6. The van der Waals surface area contributed by atoms with Crippen molar-refractivity contribution in [3.63, 3.8) is 0 Å². The molecule has 4 N–H and O–H groups in total. The molecule has 1 aliphatic rings. The van der Waals surface area contributed by atoms with E-state index >= 15 is 0 Å². The highest BCUT2D eigenvalue weighted by atomic mass is 32.2. The number of fused-ring (bicyclic) bond motifs is 1. The number of nitrogens with zero attached hydrogens (tertiary/aromatic N) is 4. The van der Waals surface area contributed by atoms with Crippen LogP contribution in [0.5, 0.6) is 0 Å². The summed E-state index contributed by atoms with van der Waals surface area (Å²) in [5, 5.41) is 13.0. The van der Waals surface area contributed by atoms with Crippen molar-refractivity contribution in [1.29, 1.82) is 0 Å². The standard InChI is InChI=1S/C11H14N6O2S/c12-9-5-8(20(13,18)19)1-2-10(9)16-3-4-17-7-14-15-11(17)6-16/h1-2,5,7H,3-4,6,12H2,(H2,13,18,19). The number of rotatable bonds is 2. The zero-order valence-corrected chi connectivity index (χ0v) is 11.4. The molecule has 2 heterocycles. The lowest BCUT2D eigenvalue weighted by Gasteiger charge is -2.30. The molecule has 1 aromatic carbocycles. The Morgan fingerprint density at radius 1 is 1.25 bits per heavy atom. The monoisotopic (exact) mass is 294 g/mol. The first-order valence-electron chi connectivity index (χ1n) is 5.99. The van der Waals surface area contributed by atoms with Gasteiger partial charge in [-0.1, -0.05) is 0 Å². The van der Waals surface area contributed by atoms with Gasteiger partial charge in [0, 0.05) is 13.1 Å². The Morgan fingerprint density at radius 3 is 2.75 bits per heavy atom. The molecule has 106 valence electrons. The molecule has 0 bridgehead atoms. The molecule has 0 saturated carbocycles. The first-order valence-corrected chi connectivity index (χ1v) is 7.54. The average Bonchev–Trinajstić information content (AvgIpc) is 2.84. The second-order valence-electron chi connectivity index (χ2n) is 4.63. The first-order chi connectivity index (χ1) is 9.45. The number of anilines is 2. The van der Waals surface area contributed by atoms with Gasteiger partial charge in [0.2, 0.25) is 10.0 Å². The van der Waals surface area contributed by atoms with Crippen LogP contribution in [-0.4, -0.2) is 29.7 Å². The minimum atomic E-state index is -3.74. The van der Waals surface area contributed by atoms with Crippen molar-refractivity contribution in [2.24, 2.45) is 5.14 Å². The molecule has 0 unspecified atom stereocenters. The molecular formula is C11H14N6O2S. The average molecular weight is 294 g/mol. The largest absolute Gasteiger partial charge is 0.397 e. The van der Waals surface area contributed by atoms with Gasteiger partial charge in [0.25, 0.3) is 0 Å². The molecule has 0 aliphatic carbocycles. The van der Waals surface area contributed by atoms with Crippen LogP contribution in [0.3, 0.4) is 0 Å². The molecule has 1 aliphatic heterocycles. The van der Waals surface area contributed by atoms with Gasteiger partial charge < -0.3 is 15.2 Å². The highest BCUT2D eigenvalue weighted by molar-refractivity contribution is 7.89. The number of benzene rings is 1. The van der Waals surface area contributed by atoms with Crippen molar-refractivity contribution < 1.29 is 8.42 Å². The summed E-state index contributed by atoms with van der Waals surface area (Å²) in [6, 6.07) is 4.51. The van der Waals surface area contributed by atoms with Gasteiger partial charge in [0.1, 0.15) is 6.33 Å².